The summed E-state index contributed by atoms with van der Waals surface area (Å²) in [5, 5.41) is 16.1. The molecular formula is C16H21ClN2O2. The maximum atomic E-state index is 11.1. The summed E-state index contributed by atoms with van der Waals surface area (Å²) in [6.45, 7) is 4.78. The number of hydrogen-bond donors (Lipinski definition) is 1. The molecule has 5 heteroatoms. The van der Waals surface area contributed by atoms with E-state index in [1.165, 1.54) is 0 Å². The minimum Gasteiger partial charge on any atom is -0.382 e. The van der Waals surface area contributed by atoms with Gasteiger partial charge in [-0.1, -0.05) is 41.9 Å². The highest BCUT2D eigenvalue weighted by Crippen LogP contribution is 2.30. The van der Waals surface area contributed by atoms with Crippen LogP contribution in [0.4, 0.5) is 0 Å². The van der Waals surface area contributed by atoms with E-state index >= 15 is 0 Å². The average Bonchev–Trinajstić information content (AvgIpc) is 2.76. The average molecular weight is 309 g/mol. The van der Waals surface area contributed by atoms with Crippen molar-refractivity contribution >= 4 is 11.6 Å². The van der Waals surface area contributed by atoms with Crippen LogP contribution >= 0.6 is 11.6 Å². The molecule has 0 radical (unpaired) electrons. The third kappa shape index (κ3) is 3.28. The second kappa shape index (κ2) is 6.60. The Balaban J connectivity index is 2.41. The zero-order valence-corrected chi connectivity index (χ0v) is 13.4. The number of benzene rings is 1. The lowest BCUT2D eigenvalue weighted by molar-refractivity contribution is -0.0368. The maximum absolute atomic E-state index is 11.1. The molecule has 0 fully saturated rings. The Hall–Kier alpha value is -1.36. The van der Waals surface area contributed by atoms with E-state index < -0.39 is 5.60 Å². The van der Waals surface area contributed by atoms with Gasteiger partial charge in [-0.25, -0.2) is 0 Å². The molecule has 0 saturated heterocycles. The summed E-state index contributed by atoms with van der Waals surface area (Å²) in [6.07, 6.45) is 0.359. The van der Waals surface area contributed by atoms with Gasteiger partial charge in [0.05, 0.1) is 23.0 Å². The van der Waals surface area contributed by atoms with E-state index in [1.807, 2.05) is 48.9 Å². The number of rotatable bonds is 6. The van der Waals surface area contributed by atoms with Crippen LogP contribution in [0, 0.1) is 6.92 Å². The SMILES string of the molecule is CCn1nc(C)c(Cl)c1CC(O)(COC)c1ccccc1. The van der Waals surface area contributed by atoms with Gasteiger partial charge in [0.15, 0.2) is 0 Å². The number of ether oxygens (including phenoxy) is 1. The van der Waals surface area contributed by atoms with Crippen molar-refractivity contribution in [3.63, 3.8) is 0 Å². The van der Waals surface area contributed by atoms with Gasteiger partial charge in [-0.2, -0.15) is 5.10 Å². The van der Waals surface area contributed by atoms with Gasteiger partial charge < -0.3 is 9.84 Å². The molecule has 1 N–H and O–H groups in total. The molecule has 4 nitrogen and oxygen atoms in total. The van der Waals surface area contributed by atoms with E-state index in [0.717, 1.165) is 17.0 Å². The first kappa shape index (κ1) is 16.0. The predicted molar refractivity (Wildman–Crippen MR) is 83.6 cm³/mol. The normalized spacial score (nSPS) is 14.1. The van der Waals surface area contributed by atoms with Crippen LogP contribution in [-0.2, 0) is 23.3 Å². The Morgan fingerprint density at radius 3 is 2.57 bits per heavy atom. The van der Waals surface area contributed by atoms with Crippen LogP contribution in [0.3, 0.4) is 0 Å². The lowest BCUT2D eigenvalue weighted by Gasteiger charge is -2.28. The molecule has 2 aromatic rings. The fraction of sp³-hybridized carbons (Fsp3) is 0.438. The van der Waals surface area contributed by atoms with Crippen molar-refractivity contribution in [2.75, 3.05) is 13.7 Å². The number of nitrogens with zero attached hydrogens (tertiary/aromatic N) is 2. The minimum absolute atomic E-state index is 0.196. The minimum atomic E-state index is -1.13. The fourth-order valence-electron chi connectivity index (χ4n) is 2.54. The first-order valence-electron chi connectivity index (χ1n) is 7.00. The van der Waals surface area contributed by atoms with E-state index in [4.69, 9.17) is 16.3 Å². The lowest BCUT2D eigenvalue weighted by atomic mass is 9.89. The van der Waals surface area contributed by atoms with Crippen LogP contribution in [0.2, 0.25) is 5.02 Å². The highest BCUT2D eigenvalue weighted by molar-refractivity contribution is 6.31. The molecule has 0 bridgehead atoms. The molecule has 0 amide bonds. The smallest absolute Gasteiger partial charge is 0.118 e. The number of aliphatic hydroxyl groups is 1. The molecule has 0 spiro atoms. The number of hydrogen-bond acceptors (Lipinski definition) is 3. The zero-order chi connectivity index (χ0) is 15.5. The van der Waals surface area contributed by atoms with E-state index in [-0.39, 0.29) is 6.61 Å². The summed E-state index contributed by atoms with van der Waals surface area (Å²) in [4.78, 5) is 0. The van der Waals surface area contributed by atoms with Crippen LogP contribution in [-0.4, -0.2) is 28.6 Å². The summed E-state index contributed by atoms with van der Waals surface area (Å²) < 4.78 is 7.07. The molecule has 0 saturated carbocycles. The molecule has 21 heavy (non-hydrogen) atoms. The summed E-state index contributed by atoms with van der Waals surface area (Å²) in [6, 6.07) is 9.52. The predicted octanol–water partition coefficient (Wildman–Crippen LogP) is 2.94. The van der Waals surface area contributed by atoms with E-state index in [1.54, 1.807) is 7.11 Å². The molecule has 0 aliphatic carbocycles. The Kier molecular flexibility index (Phi) is 5.04. The number of aromatic nitrogens is 2. The topological polar surface area (TPSA) is 47.3 Å². The van der Waals surface area contributed by atoms with Crippen LogP contribution < -0.4 is 0 Å². The van der Waals surface area contributed by atoms with E-state index in [2.05, 4.69) is 5.10 Å². The van der Waals surface area contributed by atoms with Gasteiger partial charge in [0.1, 0.15) is 5.60 Å². The Morgan fingerprint density at radius 2 is 2.00 bits per heavy atom. The van der Waals surface area contributed by atoms with Crippen LogP contribution in [0.5, 0.6) is 0 Å². The van der Waals surface area contributed by atoms with Gasteiger partial charge in [0.2, 0.25) is 0 Å². The van der Waals surface area contributed by atoms with Crippen molar-refractivity contribution in [1.82, 2.24) is 9.78 Å². The summed E-state index contributed by atoms with van der Waals surface area (Å²) in [5.74, 6) is 0. The van der Waals surface area contributed by atoms with Gasteiger partial charge >= 0.3 is 0 Å². The molecule has 1 atom stereocenters. The van der Waals surface area contributed by atoms with Gasteiger partial charge in [0.25, 0.3) is 0 Å². The monoisotopic (exact) mass is 308 g/mol. The summed E-state index contributed by atoms with van der Waals surface area (Å²) in [5.41, 5.74) is 1.30. The molecule has 114 valence electrons. The summed E-state index contributed by atoms with van der Waals surface area (Å²) >= 11 is 6.35. The van der Waals surface area contributed by atoms with Crippen molar-refractivity contribution in [1.29, 1.82) is 0 Å². The van der Waals surface area contributed by atoms with Crippen molar-refractivity contribution in [2.45, 2.75) is 32.4 Å². The largest absolute Gasteiger partial charge is 0.382 e. The second-order valence-electron chi connectivity index (χ2n) is 5.17. The second-order valence-corrected chi connectivity index (χ2v) is 5.55. The molecular weight excluding hydrogens is 288 g/mol. The standard InChI is InChI=1S/C16H21ClN2O2/c1-4-19-14(15(17)12(2)18-19)10-16(20,11-21-3)13-8-6-5-7-9-13/h5-9,20H,4,10-11H2,1-3H3. The van der Waals surface area contributed by atoms with Gasteiger partial charge in [-0.15, -0.1) is 0 Å². The van der Waals surface area contributed by atoms with Crippen LogP contribution in [0.1, 0.15) is 23.9 Å². The molecule has 2 rings (SSSR count). The quantitative estimate of drug-likeness (QED) is 0.892. The van der Waals surface area contributed by atoms with Crippen molar-refractivity contribution in [2.24, 2.45) is 0 Å². The van der Waals surface area contributed by atoms with Crippen molar-refractivity contribution in [3.05, 3.63) is 52.3 Å². The van der Waals surface area contributed by atoms with E-state index in [9.17, 15) is 5.11 Å². The Bertz CT molecular complexity index is 598. The Labute approximate surface area is 130 Å². The van der Waals surface area contributed by atoms with Gasteiger partial charge in [-0.3, -0.25) is 4.68 Å². The fourth-order valence-corrected chi connectivity index (χ4v) is 2.74. The molecule has 1 aromatic heterocycles. The first-order valence-corrected chi connectivity index (χ1v) is 7.38. The van der Waals surface area contributed by atoms with Gasteiger partial charge in [0, 0.05) is 20.1 Å². The molecule has 0 aliphatic rings. The zero-order valence-electron chi connectivity index (χ0n) is 12.6. The highest BCUT2D eigenvalue weighted by atomic mass is 35.5. The third-order valence-corrected chi connectivity index (χ3v) is 4.10. The summed E-state index contributed by atoms with van der Waals surface area (Å²) in [7, 11) is 1.58. The van der Waals surface area contributed by atoms with Crippen molar-refractivity contribution < 1.29 is 9.84 Å². The Morgan fingerprint density at radius 1 is 1.33 bits per heavy atom. The molecule has 1 heterocycles. The van der Waals surface area contributed by atoms with Crippen LogP contribution in [0.25, 0.3) is 0 Å². The maximum Gasteiger partial charge on any atom is 0.118 e. The van der Waals surface area contributed by atoms with E-state index in [0.29, 0.717) is 18.0 Å². The number of aryl methyl sites for hydroxylation is 2. The number of halogens is 1. The molecule has 1 aromatic carbocycles. The van der Waals surface area contributed by atoms with Crippen LogP contribution in [0.15, 0.2) is 30.3 Å². The van der Waals surface area contributed by atoms with Gasteiger partial charge in [-0.05, 0) is 19.4 Å². The van der Waals surface area contributed by atoms with Crippen molar-refractivity contribution in [3.8, 4) is 0 Å². The molecule has 1 unspecified atom stereocenters. The number of methoxy groups -OCH3 is 1. The molecule has 0 aliphatic heterocycles. The third-order valence-electron chi connectivity index (χ3n) is 3.61. The highest BCUT2D eigenvalue weighted by Gasteiger charge is 2.32. The first-order chi connectivity index (χ1) is 10.0. The lowest BCUT2D eigenvalue weighted by Crippen LogP contribution is -2.34.